The number of sulfonamides is 1. The minimum absolute atomic E-state index is 0.151. The highest BCUT2D eigenvalue weighted by atomic mass is 32.2. The van der Waals surface area contributed by atoms with E-state index < -0.39 is 10.0 Å². The Bertz CT molecular complexity index is 1440. The predicted octanol–water partition coefficient (Wildman–Crippen LogP) is 4.28. The van der Waals surface area contributed by atoms with Crippen LogP contribution in [-0.2, 0) is 14.8 Å². The van der Waals surface area contributed by atoms with Gasteiger partial charge >= 0.3 is 0 Å². The summed E-state index contributed by atoms with van der Waals surface area (Å²) in [5.74, 6) is 0.309. The number of imidazole rings is 1. The molecule has 0 spiro atoms. The number of para-hydroxylation sites is 3. The molecule has 2 atom stereocenters. The van der Waals surface area contributed by atoms with E-state index in [-0.39, 0.29) is 23.0 Å². The number of carbonyl (C=O) groups is 1. The van der Waals surface area contributed by atoms with Crippen molar-refractivity contribution >= 4 is 32.7 Å². The fourth-order valence-electron chi connectivity index (χ4n) is 4.33. The van der Waals surface area contributed by atoms with E-state index >= 15 is 0 Å². The number of amides is 1. The van der Waals surface area contributed by atoms with Crippen LogP contribution in [0.4, 0.5) is 5.69 Å². The monoisotopic (exact) mass is 490 g/mol. The molecule has 0 radical (unpaired) electrons. The molecule has 8 nitrogen and oxygen atoms in total. The van der Waals surface area contributed by atoms with Crippen molar-refractivity contribution in [3.8, 4) is 11.4 Å². The molecule has 2 heterocycles. The second-order valence-corrected chi connectivity index (χ2v) is 10.6. The number of ether oxygens (including phenoxy) is 1. The number of hydrogen-bond acceptors (Lipinski definition) is 5. The van der Waals surface area contributed by atoms with Crippen LogP contribution in [0.1, 0.15) is 24.2 Å². The molecule has 1 amide bonds. The summed E-state index contributed by atoms with van der Waals surface area (Å²) in [5, 5.41) is 2.93. The Labute approximate surface area is 204 Å². The van der Waals surface area contributed by atoms with Crippen LogP contribution >= 0.6 is 0 Å². The number of fused-ring (bicyclic) bond motifs is 1. The number of H-pyrrole nitrogens is 1. The number of benzene rings is 3. The Morgan fingerprint density at radius 3 is 2.34 bits per heavy atom. The molecule has 1 aromatic heterocycles. The zero-order valence-corrected chi connectivity index (χ0v) is 20.2. The summed E-state index contributed by atoms with van der Waals surface area (Å²) in [5.41, 5.74) is 3.46. The molecule has 3 aromatic carbocycles. The summed E-state index contributed by atoms with van der Waals surface area (Å²) in [4.78, 5) is 21.1. The fourth-order valence-corrected chi connectivity index (χ4v) is 5.92. The van der Waals surface area contributed by atoms with Gasteiger partial charge in [-0.15, -0.1) is 0 Å². The van der Waals surface area contributed by atoms with Gasteiger partial charge in [-0.3, -0.25) is 4.79 Å². The Hall–Kier alpha value is -3.53. The normalized spacial score (nSPS) is 19.0. The smallest absolute Gasteiger partial charge is 0.255 e. The summed E-state index contributed by atoms with van der Waals surface area (Å²) in [6, 6.07) is 21.1. The van der Waals surface area contributed by atoms with Gasteiger partial charge in [0, 0.05) is 24.2 Å². The number of hydrogen-bond donors (Lipinski definition) is 2. The molecule has 0 aliphatic carbocycles. The first kappa shape index (κ1) is 23.2. The number of aromatic nitrogens is 2. The third-order valence-electron chi connectivity index (χ3n) is 5.96. The summed E-state index contributed by atoms with van der Waals surface area (Å²) in [6.45, 7) is 4.31. The number of rotatable bonds is 5. The molecule has 9 heteroatoms. The SMILES string of the molecule is CC1CN(S(=O)(=O)c2ccc(C(=O)Nc3ccccc3-c3nc4ccccc4[nH]3)cc2)CC(C)O1. The van der Waals surface area contributed by atoms with Gasteiger partial charge in [0.1, 0.15) is 5.82 Å². The Balaban J connectivity index is 1.36. The first-order valence-corrected chi connectivity index (χ1v) is 12.9. The molecule has 180 valence electrons. The maximum Gasteiger partial charge on any atom is 0.255 e. The highest BCUT2D eigenvalue weighted by Crippen LogP contribution is 2.28. The molecular weight excluding hydrogens is 464 g/mol. The molecule has 0 saturated carbocycles. The minimum Gasteiger partial charge on any atom is -0.373 e. The molecule has 2 N–H and O–H groups in total. The summed E-state index contributed by atoms with van der Waals surface area (Å²) in [7, 11) is -3.68. The predicted molar refractivity (Wildman–Crippen MR) is 135 cm³/mol. The lowest BCUT2D eigenvalue weighted by Gasteiger charge is -2.34. The maximum absolute atomic E-state index is 13.1. The average Bonchev–Trinajstić information content (AvgIpc) is 3.28. The number of aromatic amines is 1. The summed E-state index contributed by atoms with van der Waals surface area (Å²) >= 11 is 0. The topological polar surface area (TPSA) is 104 Å². The van der Waals surface area contributed by atoms with Crippen LogP contribution in [-0.4, -0.2) is 53.9 Å². The molecule has 0 bridgehead atoms. The van der Waals surface area contributed by atoms with Gasteiger partial charge in [-0.25, -0.2) is 13.4 Å². The third-order valence-corrected chi connectivity index (χ3v) is 7.81. The number of anilines is 1. The number of nitrogens with one attached hydrogen (secondary N) is 2. The zero-order valence-electron chi connectivity index (χ0n) is 19.4. The van der Waals surface area contributed by atoms with Crippen molar-refractivity contribution in [1.29, 1.82) is 0 Å². The summed E-state index contributed by atoms with van der Waals surface area (Å²) < 4.78 is 33.3. The molecular formula is C26H26N4O4S. The average molecular weight is 491 g/mol. The van der Waals surface area contributed by atoms with E-state index in [1.165, 1.54) is 28.6 Å². The highest BCUT2D eigenvalue weighted by molar-refractivity contribution is 7.89. The fraction of sp³-hybridized carbons (Fsp3) is 0.231. The van der Waals surface area contributed by atoms with Gasteiger partial charge < -0.3 is 15.0 Å². The van der Waals surface area contributed by atoms with E-state index in [1.807, 2.05) is 56.3 Å². The van der Waals surface area contributed by atoms with E-state index in [9.17, 15) is 13.2 Å². The molecule has 4 aromatic rings. The van der Waals surface area contributed by atoms with E-state index in [2.05, 4.69) is 15.3 Å². The Morgan fingerprint density at radius 1 is 0.971 bits per heavy atom. The minimum atomic E-state index is -3.68. The molecule has 2 unspecified atom stereocenters. The van der Waals surface area contributed by atoms with E-state index in [0.717, 1.165) is 16.6 Å². The number of nitrogens with zero attached hydrogens (tertiary/aromatic N) is 2. The van der Waals surface area contributed by atoms with Gasteiger partial charge in [-0.05, 0) is 62.4 Å². The zero-order chi connectivity index (χ0) is 24.6. The van der Waals surface area contributed by atoms with Crippen molar-refractivity contribution in [2.75, 3.05) is 18.4 Å². The van der Waals surface area contributed by atoms with Gasteiger partial charge in [0.25, 0.3) is 5.91 Å². The quantitative estimate of drug-likeness (QED) is 0.435. The number of morpholine rings is 1. The largest absolute Gasteiger partial charge is 0.373 e. The van der Waals surface area contributed by atoms with E-state index in [0.29, 0.717) is 30.2 Å². The van der Waals surface area contributed by atoms with Crippen molar-refractivity contribution in [2.45, 2.75) is 31.0 Å². The molecule has 1 saturated heterocycles. The molecule has 1 fully saturated rings. The molecule has 1 aliphatic rings. The molecule has 1 aliphatic heterocycles. The van der Waals surface area contributed by atoms with Crippen LogP contribution < -0.4 is 5.32 Å². The Morgan fingerprint density at radius 2 is 1.63 bits per heavy atom. The van der Waals surface area contributed by atoms with Gasteiger partial charge in [-0.2, -0.15) is 4.31 Å². The van der Waals surface area contributed by atoms with E-state index in [1.54, 1.807) is 6.07 Å². The third kappa shape index (κ3) is 4.70. The van der Waals surface area contributed by atoms with Crippen molar-refractivity contribution in [3.63, 3.8) is 0 Å². The second-order valence-electron chi connectivity index (χ2n) is 8.71. The Kier molecular flexibility index (Phi) is 6.14. The van der Waals surface area contributed by atoms with Crippen molar-refractivity contribution in [3.05, 3.63) is 78.4 Å². The lowest BCUT2D eigenvalue weighted by Crippen LogP contribution is -2.48. The lowest BCUT2D eigenvalue weighted by molar-refractivity contribution is -0.0440. The first-order valence-electron chi connectivity index (χ1n) is 11.4. The van der Waals surface area contributed by atoms with Crippen LogP contribution in [0.5, 0.6) is 0 Å². The van der Waals surface area contributed by atoms with Crippen LogP contribution in [0.2, 0.25) is 0 Å². The van der Waals surface area contributed by atoms with Crippen molar-refractivity contribution in [1.82, 2.24) is 14.3 Å². The molecule has 35 heavy (non-hydrogen) atoms. The highest BCUT2D eigenvalue weighted by Gasteiger charge is 2.32. The van der Waals surface area contributed by atoms with Crippen LogP contribution in [0.25, 0.3) is 22.4 Å². The van der Waals surface area contributed by atoms with E-state index in [4.69, 9.17) is 4.74 Å². The first-order chi connectivity index (χ1) is 16.8. The lowest BCUT2D eigenvalue weighted by atomic mass is 10.1. The summed E-state index contributed by atoms with van der Waals surface area (Å²) in [6.07, 6.45) is -0.351. The van der Waals surface area contributed by atoms with Crippen LogP contribution in [0.3, 0.4) is 0 Å². The standard InChI is InChI=1S/C26H26N4O4S/c1-17-15-30(16-18(2)34-17)35(32,33)20-13-11-19(12-14-20)26(31)29-22-8-4-3-7-21(22)25-27-23-9-5-6-10-24(23)28-25/h3-14,17-18H,15-16H2,1-2H3,(H,27,28)(H,29,31). The number of carbonyl (C=O) groups excluding carboxylic acids is 1. The maximum atomic E-state index is 13.1. The van der Waals surface area contributed by atoms with Crippen LogP contribution in [0, 0.1) is 0 Å². The van der Waals surface area contributed by atoms with Gasteiger partial charge in [0.2, 0.25) is 10.0 Å². The second kappa shape index (κ2) is 9.26. The van der Waals surface area contributed by atoms with Gasteiger partial charge in [0.15, 0.2) is 0 Å². The van der Waals surface area contributed by atoms with Crippen LogP contribution in [0.15, 0.2) is 77.7 Å². The van der Waals surface area contributed by atoms with Crippen molar-refractivity contribution in [2.24, 2.45) is 0 Å². The van der Waals surface area contributed by atoms with Gasteiger partial charge in [-0.1, -0.05) is 24.3 Å². The molecule has 5 rings (SSSR count). The van der Waals surface area contributed by atoms with Crippen molar-refractivity contribution < 1.29 is 17.9 Å². The van der Waals surface area contributed by atoms with Gasteiger partial charge in [0.05, 0.1) is 33.8 Å².